The summed E-state index contributed by atoms with van der Waals surface area (Å²) in [6.45, 7) is 7.01. The van der Waals surface area contributed by atoms with Crippen molar-refractivity contribution >= 4 is 17.7 Å². The van der Waals surface area contributed by atoms with Gasteiger partial charge in [0.2, 0.25) is 11.1 Å². The van der Waals surface area contributed by atoms with Crippen molar-refractivity contribution < 1.29 is 13.9 Å². The molecule has 0 aliphatic rings. The molecule has 3 N–H and O–H groups in total. The van der Waals surface area contributed by atoms with E-state index in [0.29, 0.717) is 23.3 Å². The number of hydrogen-bond acceptors (Lipinski definition) is 7. The second-order valence-corrected chi connectivity index (χ2v) is 8.42. The zero-order chi connectivity index (χ0) is 20.9. The van der Waals surface area contributed by atoms with E-state index in [1.54, 1.807) is 18.4 Å². The fraction of sp³-hybridized carbons (Fsp3) is 0.350. The molecule has 0 unspecified atom stereocenters. The molecule has 29 heavy (non-hydrogen) atoms. The van der Waals surface area contributed by atoms with E-state index in [0.717, 1.165) is 5.75 Å². The van der Waals surface area contributed by atoms with Gasteiger partial charge in [-0.2, -0.15) is 0 Å². The van der Waals surface area contributed by atoms with E-state index >= 15 is 0 Å². The Kier molecular flexibility index (Phi) is 6.48. The zero-order valence-electron chi connectivity index (χ0n) is 16.7. The number of amides is 1. The van der Waals surface area contributed by atoms with Crippen LogP contribution in [0, 0.1) is 0 Å². The van der Waals surface area contributed by atoms with Gasteiger partial charge >= 0.3 is 0 Å². The van der Waals surface area contributed by atoms with Crippen LogP contribution >= 0.6 is 11.8 Å². The lowest BCUT2D eigenvalue weighted by molar-refractivity contribution is -0.118. The maximum atomic E-state index is 11.9. The normalized spacial score (nSPS) is 11.4. The molecular formula is C20H25N5O3S. The molecule has 8 nitrogen and oxygen atoms in total. The van der Waals surface area contributed by atoms with Crippen molar-refractivity contribution in [3.05, 3.63) is 59.8 Å². The maximum absolute atomic E-state index is 11.9. The summed E-state index contributed by atoms with van der Waals surface area (Å²) in [5.41, 5.74) is 1.32. The van der Waals surface area contributed by atoms with Crippen LogP contribution in [0.25, 0.3) is 0 Å². The van der Waals surface area contributed by atoms with Gasteiger partial charge in [-0.05, 0) is 35.2 Å². The molecule has 0 bridgehead atoms. The number of nitrogen functional groups attached to an aromatic ring is 1. The summed E-state index contributed by atoms with van der Waals surface area (Å²) in [6, 6.07) is 11.5. The quantitative estimate of drug-likeness (QED) is 0.430. The highest BCUT2D eigenvalue weighted by Gasteiger charge is 2.15. The largest absolute Gasteiger partial charge is 0.486 e. The minimum atomic E-state index is -0.147. The van der Waals surface area contributed by atoms with Crippen LogP contribution in [0.2, 0.25) is 0 Å². The minimum Gasteiger partial charge on any atom is -0.486 e. The van der Waals surface area contributed by atoms with Crippen molar-refractivity contribution in [1.82, 2.24) is 20.2 Å². The lowest BCUT2D eigenvalue weighted by atomic mass is 9.87. The Labute approximate surface area is 173 Å². The van der Waals surface area contributed by atoms with E-state index in [4.69, 9.17) is 15.0 Å². The number of nitrogens with two attached hydrogens (primary N) is 1. The van der Waals surface area contributed by atoms with Crippen molar-refractivity contribution in [2.75, 3.05) is 11.6 Å². The molecule has 1 amide bonds. The zero-order valence-corrected chi connectivity index (χ0v) is 17.5. The molecule has 1 aromatic carbocycles. The summed E-state index contributed by atoms with van der Waals surface area (Å²) in [6.07, 6.45) is 1.57. The Morgan fingerprint density at radius 1 is 1.24 bits per heavy atom. The molecule has 3 rings (SSSR count). The van der Waals surface area contributed by atoms with Crippen molar-refractivity contribution in [3.8, 4) is 5.75 Å². The monoisotopic (exact) mass is 415 g/mol. The molecule has 0 spiro atoms. The van der Waals surface area contributed by atoms with Crippen LogP contribution in [-0.2, 0) is 23.4 Å². The fourth-order valence-corrected chi connectivity index (χ4v) is 3.19. The number of benzene rings is 1. The first-order valence-electron chi connectivity index (χ1n) is 9.17. The van der Waals surface area contributed by atoms with Gasteiger partial charge in [0.15, 0.2) is 5.82 Å². The summed E-state index contributed by atoms with van der Waals surface area (Å²) < 4.78 is 12.3. The third-order valence-corrected chi connectivity index (χ3v) is 5.14. The summed E-state index contributed by atoms with van der Waals surface area (Å²) >= 11 is 1.21. The maximum Gasteiger partial charge on any atom is 0.230 e. The van der Waals surface area contributed by atoms with Gasteiger partial charge in [-0.3, -0.25) is 4.79 Å². The predicted molar refractivity (Wildman–Crippen MR) is 111 cm³/mol. The van der Waals surface area contributed by atoms with E-state index in [1.165, 1.54) is 22.0 Å². The van der Waals surface area contributed by atoms with Crippen molar-refractivity contribution in [2.45, 2.75) is 44.5 Å². The van der Waals surface area contributed by atoms with Crippen LogP contribution in [-0.4, -0.2) is 26.5 Å². The van der Waals surface area contributed by atoms with E-state index in [1.807, 2.05) is 24.3 Å². The number of carbonyl (C=O) groups is 1. The van der Waals surface area contributed by atoms with Crippen LogP contribution in [0.15, 0.2) is 52.2 Å². The number of furan rings is 1. The number of nitrogens with zero attached hydrogens (tertiary/aromatic N) is 3. The standard InChI is InChI=1S/C20H25N5O3S/c1-20(2,3)14-6-8-15(9-7-14)28-12-17-23-24-19(25(17)21)29-13-18(26)22-11-16-5-4-10-27-16/h4-10H,11-13,21H2,1-3H3,(H,22,26). The molecule has 0 aliphatic carbocycles. The first-order valence-corrected chi connectivity index (χ1v) is 10.2. The highest BCUT2D eigenvalue weighted by molar-refractivity contribution is 7.99. The first-order chi connectivity index (χ1) is 13.8. The first kappa shape index (κ1) is 20.8. The van der Waals surface area contributed by atoms with Gasteiger partial charge in [-0.15, -0.1) is 10.2 Å². The number of carbonyl (C=O) groups excluding carboxylic acids is 1. The Morgan fingerprint density at radius 2 is 2.00 bits per heavy atom. The molecule has 0 atom stereocenters. The van der Waals surface area contributed by atoms with Crippen LogP contribution in [0.4, 0.5) is 0 Å². The third kappa shape index (κ3) is 5.77. The summed E-state index contributed by atoms with van der Waals surface area (Å²) in [7, 11) is 0. The van der Waals surface area contributed by atoms with Crippen LogP contribution in [0.3, 0.4) is 0 Å². The van der Waals surface area contributed by atoms with Gasteiger partial charge in [0, 0.05) is 0 Å². The number of nitrogens with one attached hydrogen (secondary N) is 1. The molecule has 2 heterocycles. The molecular weight excluding hydrogens is 390 g/mol. The van der Waals surface area contributed by atoms with Gasteiger partial charge in [-0.25, -0.2) is 4.68 Å². The smallest absolute Gasteiger partial charge is 0.230 e. The Bertz CT molecular complexity index is 930. The number of hydrogen-bond donors (Lipinski definition) is 2. The van der Waals surface area contributed by atoms with E-state index in [9.17, 15) is 4.79 Å². The van der Waals surface area contributed by atoms with Gasteiger partial charge in [-0.1, -0.05) is 44.7 Å². The second-order valence-electron chi connectivity index (χ2n) is 7.48. The van der Waals surface area contributed by atoms with Gasteiger partial charge in [0.25, 0.3) is 0 Å². The molecule has 0 saturated carbocycles. The van der Waals surface area contributed by atoms with Crippen molar-refractivity contribution in [1.29, 1.82) is 0 Å². The number of aromatic nitrogens is 3. The third-order valence-electron chi connectivity index (χ3n) is 4.20. The number of thioether (sulfide) groups is 1. The van der Waals surface area contributed by atoms with Crippen molar-refractivity contribution in [2.24, 2.45) is 0 Å². The number of ether oxygens (including phenoxy) is 1. The topological polar surface area (TPSA) is 108 Å². The molecule has 2 aromatic heterocycles. The molecule has 0 radical (unpaired) electrons. The summed E-state index contributed by atoms with van der Waals surface area (Å²) in [4.78, 5) is 11.9. The molecule has 154 valence electrons. The lowest BCUT2D eigenvalue weighted by Crippen LogP contribution is -2.25. The highest BCUT2D eigenvalue weighted by Crippen LogP contribution is 2.24. The summed E-state index contributed by atoms with van der Waals surface area (Å²) in [5.74, 6) is 7.95. The second kappa shape index (κ2) is 9.04. The molecule has 0 saturated heterocycles. The molecule has 9 heteroatoms. The number of rotatable bonds is 8. The minimum absolute atomic E-state index is 0.0896. The highest BCUT2D eigenvalue weighted by atomic mass is 32.2. The Balaban J connectivity index is 1.48. The van der Waals surface area contributed by atoms with Crippen LogP contribution in [0.1, 0.15) is 37.9 Å². The summed E-state index contributed by atoms with van der Waals surface area (Å²) in [5, 5.41) is 11.3. The average Bonchev–Trinajstić information content (AvgIpc) is 3.33. The average molecular weight is 416 g/mol. The van der Waals surface area contributed by atoms with Crippen LogP contribution < -0.4 is 15.9 Å². The predicted octanol–water partition coefficient (Wildman–Crippen LogP) is 2.87. The fourth-order valence-electron chi connectivity index (χ4n) is 2.48. The Hall–Kier alpha value is -2.94. The SMILES string of the molecule is CC(C)(C)c1ccc(OCc2nnc(SCC(=O)NCc3ccco3)n2N)cc1. The van der Waals surface area contributed by atoms with E-state index < -0.39 is 0 Å². The van der Waals surface area contributed by atoms with Crippen LogP contribution in [0.5, 0.6) is 5.75 Å². The van der Waals surface area contributed by atoms with Gasteiger partial charge in [0.05, 0.1) is 18.6 Å². The lowest BCUT2D eigenvalue weighted by Gasteiger charge is -2.19. The van der Waals surface area contributed by atoms with E-state index in [2.05, 4.69) is 36.3 Å². The molecule has 3 aromatic rings. The molecule has 0 aliphatic heterocycles. The van der Waals surface area contributed by atoms with Gasteiger partial charge < -0.3 is 20.3 Å². The van der Waals surface area contributed by atoms with Gasteiger partial charge in [0.1, 0.15) is 18.1 Å². The Morgan fingerprint density at radius 3 is 2.66 bits per heavy atom. The van der Waals surface area contributed by atoms with Crippen molar-refractivity contribution in [3.63, 3.8) is 0 Å². The molecule has 0 fully saturated rings. The van der Waals surface area contributed by atoms with E-state index in [-0.39, 0.29) is 23.7 Å².